The van der Waals surface area contributed by atoms with Crippen LogP contribution in [-0.2, 0) is 0 Å². The van der Waals surface area contributed by atoms with E-state index in [1.807, 2.05) is 0 Å². The molecule has 0 N–H and O–H groups in total. The molecule has 0 atom stereocenters. The summed E-state index contributed by atoms with van der Waals surface area (Å²) in [6, 6.07) is 1.56. The highest BCUT2D eigenvalue weighted by Crippen LogP contribution is 2.15. The van der Waals surface area contributed by atoms with Gasteiger partial charge in [0.1, 0.15) is 12.5 Å². The first-order chi connectivity index (χ1) is 5.45. The first kappa shape index (κ1) is 5.96. The number of aromatic nitrogens is 2. The van der Waals surface area contributed by atoms with Gasteiger partial charge in [0.2, 0.25) is 0 Å². The summed E-state index contributed by atoms with van der Waals surface area (Å²) < 4.78 is 14.3. The Morgan fingerprint density at radius 3 is 3.00 bits per heavy atom. The Kier molecular flexibility index (Phi) is 1.33. The number of ether oxygens (including phenoxy) is 1. The summed E-state index contributed by atoms with van der Waals surface area (Å²) in [6.45, 7) is 0. The van der Waals surface area contributed by atoms with E-state index < -0.39 is 0 Å². The second-order valence-electron chi connectivity index (χ2n) is 1.74. The predicted octanol–water partition coefficient (Wildman–Crippen LogP) is 1.45. The quantitative estimate of drug-likeness (QED) is 0.651. The van der Waals surface area contributed by atoms with E-state index in [-0.39, 0.29) is 6.08 Å². The number of rotatable bonds is 2. The largest absolute Gasteiger partial charge is 0.417 e. The minimum Gasteiger partial charge on any atom is -0.417 e. The van der Waals surface area contributed by atoms with Crippen LogP contribution in [0.4, 0.5) is 0 Å². The SMILES string of the molecule is c1coc(Oc2ccon2)n1. The van der Waals surface area contributed by atoms with Crippen molar-refractivity contribution in [2.24, 2.45) is 0 Å². The van der Waals surface area contributed by atoms with Crippen LogP contribution in [0, 0.1) is 0 Å². The Hall–Kier alpha value is -1.78. The van der Waals surface area contributed by atoms with Crippen molar-refractivity contribution in [1.29, 1.82) is 0 Å². The van der Waals surface area contributed by atoms with Crippen LogP contribution < -0.4 is 4.74 Å². The van der Waals surface area contributed by atoms with Crippen LogP contribution >= 0.6 is 0 Å². The lowest BCUT2D eigenvalue weighted by molar-refractivity contribution is 0.298. The monoisotopic (exact) mass is 152 g/mol. The predicted molar refractivity (Wildman–Crippen MR) is 33.1 cm³/mol. The standard InChI is InChI=1S/C6H4N2O3/c1-3-10-8-5(1)11-6-7-2-4-9-6/h1-4H. The molecule has 5 nitrogen and oxygen atoms in total. The molecule has 11 heavy (non-hydrogen) atoms. The fourth-order valence-corrected chi connectivity index (χ4v) is 0.604. The minimum absolute atomic E-state index is 0.152. The molecule has 0 radical (unpaired) electrons. The van der Waals surface area contributed by atoms with Crippen LogP contribution in [-0.4, -0.2) is 10.1 Å². The average molecular weight is 152 g/mol. The van der Waals surface area contributed by atoms with Gasteiger partial charge in [0.15, 0.2) is 0 Å². The number of nitrogens with zero attached hydrogens (tertiary/aromatic N) is 2. The van der Waals surface area contributed by atoms with Gasteiger partial charge in [0.25, 0.3) is 5.88 Å². The van der Waals surface area contributed by atoms with Crippen molar-refractivity contribution in [3.8, 4) is 12.0 Å². The first-order valence-corrected chi connectivity index (χ1v) is 2.93. The molecule has 0 saturated carbocycles. The van der Waals surface area contributed by atoms with E-state index >= 15 is 0 Å². The first-order valence-electron chi connectivity index (χ1n) is 2.93. The summed E-state index contributed by atoms with van der Waals surface area (Å²) in [4.78, 5) is 3.72. The molecule has 0 bridgehead atoms. The van der Waals surface area contributed by atoms with E-state index in [0.29, 0.717) is 5.88 Å². The summed E-state index contributed by atoms with van der Waals surface area (Å²) >= 11 is 0. The molecule has 2 aromatic rings. The summed E-state index contributed by atoms with van der Waals surface area (Å²) in [5.74, 6) is 0.326. The molecule has 56 valence electrons. The van der Waals surface area contributed by atoms with Crippen LogP contribution in [0.5, 0.6) is 12.0 Å². The van der Waals surface area contributed by atoms with Gasteiger partial charge in [-0.1, -0.05) is 0 Å². The third-order valence-electron chi connectivity index (χ3n) is 1.02. The van der Waals surface area contributed by atoms with Crippen molar-refractivity contribution in [2.75, 3.05) is 0 Å². The molecule has 2 heterocycles. The maximum atomic E-state index is 4.98. The Morgan fingerprint density at radius 1 is 1.36 bits per heavy atom. The number of oxazole rings is 1. The molecular formula is C6H4N2O3. The van der Waals surface area contributed by atoms with Crippen LogP contribution in [0.1, 0.15) is 0 Å². The van der Waals surface area contributed by atoms with Crippen LogP contribution in [0.3, 0.4) is 0 Å². The van der Waals surface area contributed by atoms with E-state index in [1.165, 1.54) is 18.7 Å². The lowest BCUT2D eigenvalue weighted by atomic mass is 10.7. The zero-order valence-corrected chi connectivity index (χ0v) is 5.43. The molecule has 0 saturated heterocycles. The maximum Gasteiger partial charge on any atom is 0.400 e. The lowest BCUT2D eigenvalue weighted by Crippen LogP contribution is -1.81. The second kappa shape index (κ2) is 2.45. The molecule has 0 spiro atoms. The topological polar surface area (TPSA) is 61.3 Å². The zero-order chi connectivity index (χ0) is 7.52. The van der Waals surface area contributed by atoms with Crippen molar-refractivity contribution >= 4 is 0 Å². The fourth-order valence-electron chi connectivity index (χ4n) is 0.604. The maximum absolute atomic E-state index is 4.98. The Morgan fingerprint density at radius 2 is 2.36 bits per heavy atom. The van der Waals surface area contributed by atoms with Gasteiger partial charge in [0.05, 0.1) is 6.20 Å². The number of hydrogen-bond acceptors (Lipinski definition) is 5. The van der Waals surface area contributed by atoms with Gasteiger partial charge < -0.3 is 13.7 Å². The van der Waals surface area contributed by atoms with Crippen LogP contribution in [0.15, 0.2) is 33.7 Å². The van der Waals surface area contributed by atoms with Crippen LogP contribution in [0.25, 0.3) is 0 Å². The van der Waals surface area contributed by atoms with Gasteiger partial charge in [-0.2, -0.15) is 4.98 Å². The van der Waals surface area contributed by atoms with E-state index in [9.17, 15) is 0 Å². The van der Waals surface area contributed by atoms with Gasteiger partial charge >= 0.3 is 6.08 Å². The molecule has 2 aromatic heterocycles. The van der Waals surface area contributed by atoms with Gasteiger partial charge in [-0.05, 0) is 5.16 Å². The lowest BCUT2D eigenvalue weighted by Gasteiger charge is -1.90. The summed E-state index contributed by atoms with van der Waals surface area (Å²) in [5.41, 5.74) is 0. The Labute approximate surface area is 61.6 Å². The molecule has 5 heteroatoms. The Bertz CT molecular complexity index is 268. The highest BCUT2D eigenvalue weighted by Gasteiger charge is 2.01. The van der Waals surface area contributed by atoms with Crippen molar-refractivity contribution in [2.45, 2.75) is 0 Å². The molecular weight excluding hydrogens is 148 g/mol. The molecule has 0 aliphatic heterocycles. The second-order valence-corrected chi connectivity index (χ2v) is 1.74. The third kappa shape index (κ3) is 1.21. The van der Waals surface area contributed by atoms with Crippen molar-refractivity contribution in [3.05, 3.63) is 24.8 Å². The summed E-state index contributed by atoms with van der Waals surface area (Å²) in [5, 5.41) is 3.49. The Balaban J connectivity index is 2.14. The summed E-state index contributed by atoms with van der Waals surface area (Å²) in [6.07, 6.45) is 4.45. The molecule has 0 aliphatic rings. The molecule has 0 fully saturated rings. The minimum atomic E-state index is 0.152. The summed E-state index contributed by atoms with van der Waals surface area (Å²) in [7, 11) is 0. The van der Waals surface area contributed by atoms with E-state index in [2.05, 4.69) is 14.7 Å². The fraction of sp³-hybridized carbons (Fsp3) is 0. The molecule has 0 unspecified atom stereocenters. The van der Waals surface area contributed by atoms with E-state index in [0.717, 1.165) is 0 Å². The highest BCUT2D eigenvalue weighted by molar-refractivity contribution is 5.07. The average Bonchev–Trinajstić information content (AvgIpc) is 2.60. The van der Waals surface area contributed by atoms with Crippen LogP contribution in [0.2, 0.25) is 0 Å². The molecule has 0 aliphatic carbocycles. The number of hydrogen-bond donors (Lipinski definition) is 0. The molecule has 0 aromatic carbocycles. The van der Waals surface area contributed by atoms with Gasteiger partial charge in [-0.15, -0.1) is 0 Å². The van der Waals surface area contributed by atoms with Crippen molar-refractivity contribution in [1.82, 2.24) is 10.1 Å². The van der Waals surface area contributed by atoms with Crippen molar-refractivity contribution < 1.29 is 13.7 Å². The third-order valence-corrected chi connectivity index (χ3v) is 1.02. The van der Waals surface area contributed by atoms with Gasteiger partial charge in [-0.3, -0.25) is 0 Å². The smallest absolute Gasteiger partial charge is 0.400 e. The molecule has 0 amide bonds. The zero-order valence-electron chi connectivity index (χ0n) is 5.43. The van der Waals surface area contributed by atoms with E-state index in [4.69, 9.17) is 9.15 Å². The molecule has 2 rings (SSSR count). The normalized spacial score (nSPS) is 9.82. The highest BCUT2D eigenvalue weighted by atomic mass is 16.6. The van der Waals surface area contributed by atoms with E-state index in [1.54, 1.807) is 6.07 Å². The van der Waals surface area contributed by atoms with Gasteiger partial charge in [0, 0.05) is 6.07 Å². The van der Waals surface area contributed by atoms with Gasteiger partial charge in [-0.25, -0.2) is 0 Å². The van der Waals surface area contributed by atoms with Crippen molar-refractivity contribution in [3.63, 3.8) is 0 Å².